The van der Waals surface area contributed by atoms with Crippen molar-refractivity contribution in [3.8, 4) is 0 Å². The minimum Gasteiger partial charge on any atom is -0.393 e. The fraction of sp³-hybridized carbons (Fsp3) is 0.571. The molecule has 4 rings (SSSR count). The monoisotopic (exact) mass is 371 g/mol. The average molecular weight is 371 g/mol. The van der Waals surface area contributed by atoms with Crippen molar-refractivity contribution in [1.82, 2.24) is 14.8 Å². The molecule has 0 unspecified atom stereocenters. The molecule has 3 N–H and O–H groups in total. The molecule has 2 aliphatic heterocycles. The highest BCUT2D eigenvalue weighted by Crippen LogP contribution is 2.26. The number of piperidine rings is 2. The lowest BCUT2D eigenvalue weighted by molar-refractivity contribution is -0.0292. The number of benzene rings is 1. The molecule has 0 spiro atoms. The van der Waals surface area contributed by atoms with Crippen molar-refractivity contribution in [2.45, 2.75) is 51.4 Å². The Morgan fingerprint density at radius 2 is 1.85 bits per heavy atom. The zero-order valence-corrected chi connectivity index (χ0v) is 16.1. The van der Waals surface area contributed by atoms with Crippen molar-refractivity contribution >= 4 is 16.8 Å². The van der Waals surface area contributed by atoms with Crippen LogP contribution in [-0.2, 0) is 0 Å². The maximum atomic E-state index is 13.1. The average Bonchev–Trinajstić information content (AvgIpc) is 2.98. The molecule has 2 aliphatic rings. The molecule has 2 saturated heterocycles. The molecule has 1 aromatic carbocycles. The summed E-state index contributed by atoms with van der Waals surface area (Å²) in [4.78, 5) is 20.4. The molecule has 2 fully saturated rings. The smallest absolute Gasteiger partial charge is 0.270 e. The van der Waals surface area contributed by atoms with E-state index in [0.29, 0.717) is 18.8 Å². The molecule has 2 atom stereocenters. The first kappa shape index (κ1) is 18.5. The topological polar surface area (TPSA) is 79.8 Å². The van der Waals surface area contributed by atoms with Crippen molar-refractivity contribution in [1.29, 1.82) is 0 Å². The van der Waals surface area contributed by atoms with Crippen molar-refractivity contribution < 1.29 is 15.0 Å². The number of carbonyl (C=O) groups excluding carboxylic acids is 1. The number of aliphatic hydroxyl groups excluding tert-OH is 2. The largest absolute Gasteiger partial charge is 0.393 e. The quantitative estimate of drug-likeness (QED) is 0.752. The van der Waals surface area contributed by atoms with E-state index in [4.69, 9.17) is 0 Å². The third kappa shape index (κ3) is 3.49. The molecule has 0 saturated carbocycles. The number of rotatable bonds is 2. The number of amides is 1. The predicted octanol–water partition coefficient (Wildman–Crippen LogP) is 1.82. The minimum absolute atomic E-state index is 0.0343. The summed E-state index contributed by atoms with van der Waals surface area (Å²) in [6.07, 6.45) is 1.53. The predicted molar refractivity (Wildman–Crippen MR) is 105 cm³/mol. The molecule has 0 aliphatic carbocycles. The van der Waals surface area contributed by atoms with Gasteiger partial charge in [0.2, 0.25) is 0 Å². The molecule has 2 aromatic rings. The van der Waals surface area contributed by atoms with Gasteiger partial charge in [-0.15, -0.1) is 0 Å². The third-order valence-electron chi connectivity index (χ3n) is 6.23. The summed E-state index contributed by atoms with van der Waals surface area (Å²) in [6, 6.07) is 6.23. The number of hydrogen-bond donors (Lipinski definition) is 3. The number of aliphatic hydroxyl groups is 2. The molecule has 1 aromatic heterocycles. The maximum Gasteiger partial charge on any atom is 0.270 e. The second-order valence-electron chi connectivity index (χ2n) is 8.12. The van der Waals surface area contributed by atoms with Crippen molar-refractivity contribution in [3.05, 3.63) is 35.0 Å². The number of nitrogens with one attached hydrogen (secondary N) is 1. The first-order valence-corrected chi connectivity index (χ1v) is 9.92. The van der Waals surface area contributed by atoms with Gasteiger partial charge in [0, 0.05) is 43.1 Å². The minimum atomic E-state index is -0.551. The summed E-state index contributed by atoms with van der Waals surface area (Å²) < 4.78 is 0. The first-order valence-electron chi connectivity index (χ1n) is 9.92. The van der Waals surface area contributed by atoms with Crippen molar-refractivity contribution in [3.63, 3.8) is 0 Å². The molecular formula is C21H29N3O3. The summed E-state index contributed by atoms with van der Waals surface area (Å²) in [5.74, 6) is -0.0343. The van der Waals surface area contributed by atoms with Gasteiger partial charge in [0.05, 0.1) is 12.2 Å². The van der Waals surface area contributed by atoms with E-state index in [-0.39, 0.29) is 18.1 Å². The van der Waals surface area contributed by atoms with E-state index >= 15 is 0 Å². The van der Waals surface area contributed by atoms with E-state index in [2.05, 4.69) is 16.0 Å². The fourth-order valence-electron chi connectivity index (χ4n) is 4.56. The van der Waals surface area contributed by atoms with Crippen LogP contribution in [0.1, 0.15) is 40.9 Å². The molecule has 1 amide bonds. The Balaban J connectivity index is 1.47. The second-order valence-corrected chi connectivity index (χ2v) is 8.12. The summed E-state index contributed by atoms with van der Waals surface area (Å²) in [5.41, 5.74) is 3.75. The van der Waals surface area contributed by atoms with Gasteiger partial charge < -0.3 is 20.1 Å². The number of hydrogen-bond acceptors (Lipinski definition) is 4. The van der Waals surface area contributed by atoms with Crippen molar-refractivity contribution in [2.24, 2.45) is 0 Å². The maximum absolute atomic E-state index is 13.1. The highest BCUT2D eigenvalue weighted by Gasteiger charge is 2.36. The van der Waals surface area contributed by atoms with Crippen LogP contribution in [0.3, 0.4) is 0 Å². The van der Waals surface area contributed by atoms with E-state index in [0.717, 1.165) is 48.8 Å². The number of aromatic nitrogens is 1. The van der Waals surface area contributed by atoms with Crippen LogP contribution >= 0.6 is 0 Å². The van der Waals surface area contributed by atoms with Crippen LogP contribution in [0.15, 0.2) is 18.2 Å². The first-order chi connectivity index (χ1) is 12.9. The number of likely N-dealkylation sites (tertiary alicyclic amines) is 2. The fourth-order valence-corrected chi connectivity index (χ4v) is 4.56. The molecule has 0 bridgehead atoms. The number of β-amino-alcohol motifs (C(OH)–C–C–N with tert-alkyl or cyclic N) is 1. The van der Waals surface area contributed by atoms with Gasteiger partial charge >= 0.3 is 0 Å². The molecule has 3 heterocycles. The number of carbonyl (C=O) groups is 1. The summed E-state index contributed by atoms with van der Waals surface area (Å²) in [6.45, 7) is 6.67. The number of H-pyrrole nitrogens is 1. The van der Waals surface area contributed by atoms with Gasteiger partial charge in [0.25, 0.3) is 5.91 Å². The van der Waals surface area contributed by atoms with Crippen LogP contribution in [0, 0.1) is 13.8 Å². The van der Waals surface area contributed by atoms with Gasteiger partial charge in [0.15, 0.2) is 0 Å². The number of aromatic amines is 1. The Morgan fingerprint density at radius 1 is 1.11 bits per heavy atom. The Bertz CT molecular complexity index is 839. The van der Waals surface area contributed by atoms with Crippen molar-refractivity contribution in [2.75, 3.05) is 26.2 Å². The third-order valence-corrected chi connectivity index (χ3v) is 6.23. The molecule has 146 valence electrons. The van der Waals surface area contributed by atoms with Gasteiger partial charge in [-0.2, -0.15) is 0 Å². The van der Waals surface area contributed by atoms with E-state index in [1.165, 1.54) is 5.56 Å². The molecule has 0 radical (unpaired) electrons. The van der Waals surface area contributed by atoms with E-state index in [1.807, 2.05) is 26.0 Å². The van der Waals surface area contributed by atoms with Gasteiger partial charge in [-0.05, 0) is 50.8 Å². The lowest BCUT2D eigenvalue weighted by Crippen LogP contribution is -2.57. The Hall–Kier alpha value is -1.89. The van der Waals surface area contributed by atoms with Crippen LogP contribution in [0.2, 0.25) is 0 Å². The Kier molecular flexibility index (Phi) is 4.97. The van der Waals surface area contributed by atoms with E-state index in [9.17, 15) is 15.0 Å². The second kappa shape index (κ2) is 7.26. The molecule has 6 nitrogen and oxygen atoms in total. The molecule has 27 heavy (non-hydrogen) atoms. The van der Waals surface area contributed by atoms with Crippen LogP contribution in [0.4, 0.5) is 0 Å². The zero-order valence-electron chi connectivity index (χ0n) is 16.1. The lowest BCUT2D eigenvalue weighted by atomic mass is 9.96. The van der Waals surface area contributed by atoms with Gasteiger partial charge in [-0.3, -0.25) is 9.69 Å². The van der Waals surface area contributed by atoms with Crippen LogP contribution in [0.5, 0.6) is 0 Å². The highest BCUT2D eigenvalue weighted by atomic mass is 16.3. The Morgan fingerprint density at radius 3 is 2.56 bits per heavy atom. The summed E-state index contributed by atoms with van der Waals surface area (Å²) in [7, 11) is 0. The van der Waals surface area contributed by atoms with Crippen LogP contribution in [0.25, 0.3) is 10.9 Å². The summed E-state index contributed by atoms with van der Waals surface area (Å²) in [5, 5.41) is 21.5. The van der Waals surface area contributed by atoms with Crippen LogP contribution < -0.4 is 0 Å². The number of fused-ring (bicyclic) bond motifs is 1. The van der Waals surface area contributed by atoms with Crippen LogP contribution in [-0.4, -0.2) is 75.3 Å². The lowest BCUT2D eigenvalue weighted by Gasteiger charge is -2.43. The molecular weight excluding hydrogens is 342 g/mol. The van der Waals surface area contributed by atoms with Gasteiger partial charge in [0.1, 0.15) is 5.69 Å². The highest BCUT2D eigenvalue weighted by molar-refractivity contribution is 6.01. The van der Waals surface area contributed by atoms with Gasteiger partial charge in [-0.25, -0.2) is 0 Å². The zero-order chi connectivity index (χ0) is 19.1. The Labute approximate surface area is 159 Å². The standard InChI is InChI=1S/C21H29N3O3/c1-13-3-4-17-16(11-13)14(2)20(22-17)21(27)24-10-7-18(19(26)12-24)23-8-5-15(25)6-9-23/h3-4,11,15,18-19,22,25-26H,5-10,12H2,1-2H3/t18-,19-/m1/s1. The number of nitrogens with zero attached hydrogens (tertiary/aromatic N) is 2. The van der Waals surface area contributed by atoms with E-state index in [1.54, 1.807) is 4.90 Å². The molecule has 6 heteroatoms. The SMILES string of the molecule is Cc1ccc2[nH]c(C(=O)N3CC[C@@H](N4CCC(O)CC4)[C@H](O)C3)c(C)c2c1. The summed E-state index contributed by atoms with van der Waals surface area (Å²) >= 11 is 0. The van der Waals surface area contributed by atoms with E-state index < -0.39 is 6.10 Å². The van der Waals surface area contributed by atoms with Gasteiger partial charge in [-0.1, -0.05) is 11.6 Å². The number of aryl methyl sites for hydroxylation is 2. The normalized spacial score (nSPS) is 25.3.